The summed E-state index contributed by atoms with van der Waals surface area (Å²) in [6.07, 6.45) is 3.62. The van der Waals surface area contributed by atoms with E-state index in [0.29, 0.717) is 22.2 Å². The van der Waals surface area contributed by atoms with Crippen molar-refractivity contribution in [3.8, 4) is 0 Å². The van der Waals surface area contributed by atoms with Gasteiger partial charge in [-0.25, -0.2) is 4.79 Å². The van der Waals surface area contributed by atoms with Crippen molar-refractivity contribution < 1.29 is 9.53 Å². The van der Waals surface area contributed by atoms with Crippen LogP contribution in [0.1, 0.15) is 31.9 Å². The largest absolute Gasteiger partial charge is 0.465 e. The fraction of sp³-hybridized carbons (Fsp3) is 0.250. The summed E-state index contributed by atoms with van der Waals surface area (Å²) in [5.41, 5.74) is 4.63. The van der Waals surface area contributed by atoms with Crippen molar-refractivity contribution in [2.24, 2.45) is 0 Å². The minimum Gasteiger partial charge on any atom is -0.465 e. The van der Waals surface area contributed by atoms with E-state index in [9.17, 15) is 4.79 Å². The molecule has 0 saturated carbocycles. The van der Waals surface area contributed by atoms with Crippen molar-refractivity contribution in [1.29, 1.82) is 0 Å². The highest BCUT2D eigenvalue weighted by molar-refractivity contribution is 7.80. The number of hydrogen-bond acceptors (Lipinski definition) is 5. The van der Waals surface area contributed by atoms with Crippen LogP contribution in [0, 0.1) is 20.8 Å². The fourth-order valence-electron chi connectivity index (χ4n) is 2.80. The smallest absolute Gasteiger partial charge is 0.341 e. The maximum atomic E-state index is 12.1. The van der Waals surface area contributed by atoms with Crippen LogP contribution in [0.3, 0.4) is 0 Å². The lowest BCUT2D eigenvalue weighted by molar-refractivity contribution is 0.0601. The van der Waals surface area contributed by atoms with Gasteiger partial charge in [-0.3, -0.25) is 4.68 Å². The number of carbonyl (C=O) groups excluding carboxylic acids is 1. The normalized spacial score (nSPS) is 10.6. The summed E-state index contributed by atoms with van der Waals surface area (Å²) in [4.78, 5) is 13.1. The van der Waals surface area contributed by atoms with Gasteiger partial charge in [0.05, 0.1) is 31.1 Å². The molecular weight excluding hydrogens is 392 g/mol. The Kier molecular flexibility index (Phi) is 6.11. The first-order valence-corrected chi connectivity index (χ1v) is 9.94. The molecule has 3 rings (SSSR count). The highest BCUT2D eigenvalue weighted by atomic mass is 32.1. The molecule has 0 aliphatic carbocycles. The van der Waals surface area contributed by atoms with E-state index >= 15 is 0 Å². The minimum absolute atomic E-state index is 0.377. The Hall–Kier alpha value is -2.71. The summed E-state index contributed by atoms with van der Waals surface area (Å²) in [6, 6.07) is 8.22. The number of rotatable bonds is 5. The zero-order valence-electron chi connectivity index (χ0n) is 16.2. The number of esters is 1. The second-order valence-corrected chi connectivity index (χ2v) is 8.04. The molecule has 0 fully saturated rings. The summed E-state index contributed by atoms with van der Waals surface area (Å²) < 4.78 is 6.74. The lowest BCUT2D eigenvalue weighted by Gasteiger charge is -2.09. The number of thiocarbonyl (C=S) groups is 1. The van der Waals surface area contributed by atoms with Gasteiger partial charge in [-0.15, -0.1) is 11.3 Å². The van der Waals surface area contributed by atoms with Crippen molar-refractivity contribution in [3.63, 3.8) is 0 Å². The lowest BCUT2D eigenvalue weighted by atomic mass is 10.1. The van der Waals surface area contributed by atoms with Gasteiger partial charge >= 0.3 is 5.97 Å². The molecule has 0 aliphatic heterocycles. The van der Waals surface area contributed by atoms with Crippen molar-refractivity contribution in [3.05, 3.63) is 63.8 Å². The van der Waals surface area contributed by atoms with E-state index in [0.717, 1.165) is 16.1 Å². The molecule has 0 saturated heterocycles. The van der Waals surface area contributed by atoms with E-state index in [2.05, 4.69) is 34.8 Å². The van der Waals surface area contributed by atoms with Gasteiger partial charge in [0.15, 0.2) is 5.11 Å². The average Bonchev–Trinajstić information content (AvgIpc) is 3.20. The predicted molar refractivity (Wildman–Crippen MR) is 117 cm³/mol. The van der Waals surface area contributed by atoms with Gasteiger partial charge in [0.1, 0.15) is 5.00 Å². The van der Waals surface area contributed by atoms with Crippen LogP contribution in [-0.2, 0) is 11.3 Å². The number of nitrogens with zero attached hydrogens (tertiary/aromatic N) is 2. The first kappa shape index (κ1) is 20.0. The van der Waals surface area contributed by atoms with Crippen LogP contribution in [-0.4, -0.2) is 28.0 Å². The third-order valence-corrected chi connectivity index (χ3v) is 5.81. The maximum absolute atomic E-state index is 12.1. The van der Waals surface area contributed by atoms with Crippen molar-refractivity contribution >= 4 is 45.3 Å². The maximum Gasteiger partial charge on any atom is 0.341 e. The second kappa shape index (κ2) is 8.53. The second-order valence-electron chi connectivity index (χ2n) is 6.41. The predicted octanol–water partition coefficient (Wildman–Crippen LogP) is 4.51. The quantitative estimate of drug-likeness (QED) is 0.473. The molecule has 0 aliphatic rings. The zero-order chi connectivity index (χ0) is 20.3. The molecule has 0 unspecified atom stereocenters. The van der Waals surface area contributed by atoms with Crippen LogP contribution in [0.2, 0.25) is 0 Å². The van der Waals surface area contributed by atoms with Crippen LogP contribution < -0.4 is 10.6 Å². The first-order chi connectivity index (χ1) is 13.4. The van der Waals surface area contributed by atoms with Gasteiger partial charge in [-0.05, 0) is 49.7 Å². The van der Waals surface area contributed by atoms with Crippen molar-refractivity contribution in [2.75, 3.05) is 17.7 Å². The summed E-state index contributed by atoms with van der Waals surface area (Å²) in [7, 11) is 1.37. The molecular formula is C20H22N4O2S2. The minimum atomic E-state index is -0.377. The van der Waals surface area contributed by atoms with E-state index < -0.39 is 0 Å². The first-order valence-electron chi connectivity index (χ1n) is 8.72. The standard InChI is InChI=1S/C20H22N4O2S2/c1-12-7-5-6-8-15(12)10-24-11-16(9-21-24)22-20(27)23-18-17(19(25)26-4)13(2)14(3)28-18/h5-9,11H,10H2,1-4H3,(H2,22,23,27). The van der Waals surface area contributed by atoms with Crippen molar-refractivity contribution in [2.45, 2.75) is 27.3 Å². The Balaban J connectivity index is 1.68. The monoisotopic (exact) mass is 414 g/mol. The SMILES string of the molecule is COC(=O)c1c(NC(=S)Nc2cnn(Cc3ccccc3C)c2)sc(C)c1C. The molecule has 0 bridgehead atoms. The number of ether oxygens (including phenoxy) is 1. The molecule has 6 nitrogen and oxygen atoms in total. The Bertz CT molecular complexity index is 1020. The molecule has 1 aromatic carbocycles. The summed E-state index contributed by atoms with van der Waals surface area (Å²) in [5, 5.41) is 11.7. The van der Waals surface area contributed by atoms with E-state index in [1.54, 1.807) is 6.20 Å². The summed E-state index contributed by atoms with van der Waals surface area (Å²) >= 11 is 6.88. The topological polar surface area (TPSA) is 68.2 Å². The number of methoxy groups -OCH3 is 1. The Morgan fingerprint density at radius 3 is 2.71 bits per heavy atom. The molecule has 146 valence electrons. The molecule has 2 aromatic heterocycles. The van der Waals surface area contributed by atoms with Gasteiger partial charge in [-0.2, -0.15) is 5.10 Å². The van der Waals surface area contributed by atoms with E-state index in [1.807, 2.05) is 36.9 Å². The molecule has 0 spiro atoms. The third kappa shape index (κ3) is 4.40. The number of aryl methyl sites for hydroxylation is 2. The number of nitrogens with one attached hydrogen (secondary N) is 2. The van der Waals surface area contributed by atoms with Crippen LogP contribution in [0.15, 0.2) is 36.7 Å². The van der Waals surface area contributed by atoms with E-state index in [1.165, 1.54) is 29.6 Å². The van der Waals surface area contributed by atoms with E-state index in [-0.39, 0.29) is 5.97 Å². The molecule has 3 aromatic rings. The van der Waals surface area contributed by atoms with Crippen LogP contribution in [0.25, 0.3) is 0 Å². The number of carbonyl (C=O) groups is 1. The molecule has 8 heteroatoms. The van der Waals surface area contributed by atoms with Gasteiger partial charge in [0, 0.05) is 11.1 Å². The van der Waals surface area contributed by atoms with E-state index in [4.69, 9.17) is 17.0 Å². The lowest BCUT2D eigenvalue weighted by Crippen LogP contribution is -2.20. The number of anilines is 2. The molecule has 2 heterocycles. The molecule has 0 amide bonds. The van der Waals surface area contributed by atoms with Crippen LogP contribution in [0.4, 0.5) is 10.7 Å². The Morgan fingerprint density at radius 1 is 1.25 bits per heavy atom. The highest BCUT2D eigenvalue weighted by Crippen LogP contribution is 2.33. The van der Waals surface area contributed by atoms with Gasteiger partial charge < -0.3 is 15.4 Å². The third-order valence-electron chi connectivity index (χ3n) is 4.49. The van der Waals surface area contributed by atoms with Crippen LogP contribution in [0.5, 0.6) is 0 Å². The summed E-state index contributed by atoms with van der Waals surface area (Å²) in [6.45, 7) is 6.63. The van der Waals surface area contributed by atoms with Gasteiger partial charge in [0.25, 0.3) is 0 Å². The fourth-order valence-corrected chi connectivity index (χ4v) is 4.14. The average molecular weight is 415 g/mol. The summed E-state index contributed by atoms with van der Waals surface area (Å²) in [5.74, 6) is -0.377. The van der Waals surface area contributed by atoms with Crippen LogP contribution >= 0.6 is 23.6 Å². The zero-order valence-corrected chi connectivity index (χ0v) is 17.8. The molecule has 28 heavy (non-hydrogen) atoms. The number of hydrogen-bond donors (Lipinski definition) is 2. The molecule has 2 N–H and O–H groups in total. The molecule has 0 radical (unpaired) electrons. The highest BCUT2D eigenvalue weighted by Gasteiger charge is 2.20. The number of benzene rings is 1. The Morgan fingerprint density at radius 2 is 2.00 bits per heavy atom. The number of aromatic nitrogens is 2. The van der Waals surface area contributed by atoms with Gasteiger partial charge in [0.2, 0.25) is 0 Å². The molecule has 0 atom stereocenters. The van der Waals surface area contributed by atoms with Gasteiger partial charge in [-0.1, -0.05) is 24.3 Å². The Labute approximate surface area is 173 Å². The van der Waals surface area contributed by atoms with Crippen molar-refractivity contribution in [1.82, 2.24) is 9.78 Å². The number of thiophene rings is 1.